The molecule has 6 nitrogen and oxygen atoms in total. The molecule has 0 amide bonds. The maximum atomic E-state index is 12.1. The summed E-state index contributed by atoms with van der Waals surface area (Å²) in [6.45, 7) is 1.21. The van der Waals surface area contributed by atoms with E-state index in [4.69, 9.17) is 9.84 Å². The fourth-order valence-corrected chi connectivity index (χ4v) is 2.62. The van der Waals surface area contributed by atoms with Gasteiger partial charge in [0.2, 0.25) is 0 Å². The first-order valence-electron chi connectivity index (χ1n) is 6.23. The van der Waals surface area contributed by atoms with Crippen LogP contribution in [0.25, 0.3) is 11.0 Å². The van der Waals surface area contributed by atoms with Gasteiger partial charge in [0, 0.05) is 6.61 Å². The number of aromatic carboxylic acids is 1. The largest absolute Gasteiger partial charge is 0.478 e. The van der Waals surface area contributed by atoms with Crippen LogP contribution in [-0.4, -0.2) is 33.8 Å². The lowest BCUT2D eigenvalue weighted by Gasteiger charge is -2.23. The lowest BCUT2D eigenvalue weighted by Crippen LogP contribution is -2.28. The zero-order valence-corrected chi connectivity index (χ0v) is 10.3. The predicted molar refractivity (Wildman–Crippen MR) is 68.6 cm³/mol. The van der Waals surface area contributed by atoms with Gasteiger partial charge in [0.1, 0.15) is 0 Å². The number of ether oxygens (including phenoxy) is 1. The Hall–Kier alpha value is -2.08. The third-order valence-electron chi connectivity index (χ3n) is 3.48. The summed E-state index contributed by atoms with van der Waals surface area (Å²) < 4.78 is 7.01. The monoisotopic (exact) mass is 262 g/mol. The van der Waals surface area contributed by atoms with Gasteiger partial charge in [0.15, 0.2) is 0 Å². The Labute approximate surface area is 108 Å². The quantitative estimate of drug-likeness (QED) is 0.856. The van der Waals surface area contributed by atoms with Gasteiger partial charge in [-0.15, -0.1) is 0 Å². The smallest absolute Gasteiger partial charge is 0.337 e. The predicted octanol–water partition coefficient (Wildman–Crippen LogP) is 1.38. The first kappa shape index (κ1) is 12.0. The number of imidazole rings is 1. The Morgan fingerprint density at radius 2 is 2.32 bits per heavy atom. The highest BCUT2D eigenvalue weighted by Gasteiger charge is 2.22. The van der Waals surface area contributed by atoms with Crippen LogP contribution >= 0.6 is 0 Å². The van der Waals surface area contributed by atoms with E-state index in [0.29, 0.717) is 24.2 Å². The average Bonchev–Trinajstić information content (AvgIpc) is 2.75. The molecule has 2 heterocycles. The minimum absolute atomic E-state index is 0.0287. The highest BCUT2D eigenvalue weighted by molar-refractivity contribution is 6.00. The molecule has 19 heavy (non-hydrogen) atoms. The highest BCUT2D eigenvalue weighted by Crippen LogP contribution is 2.23. The highest BCUT2D eigenvalue weighted by atomic mass is 16.5. The molecular weight excluding hydrogens is 248 g/mol. The number of hydrogen-bond donors (Lipinski definition) is 2. The van der Waals surface area contributed by atoms with Crippen LogP contribution in [0.5, 0.6) is 0 Å². The van der Waals surface area contributed by atoms with E-state index in [1.165, 1.54) is 6.07 Å². The van der Waals surface area contributed by atoms with Gasteiger partial charge in [-0.25, -0.2) is 9.59 Å². The van der Waals surface area contributed by atoms with Crippen LogP contribution in [0.4, 0.5) is 0 Å². The molecule has 6 heteroatoms. The number of aromatic nitrogens is 2. The Morgan fingerprint density at radius 1 is 1.47 bits per heavy atom. The van der Waals surface area contributed by atoms with Crippen molar-refractivity contribution >= 4 is 17.0 Å². The van der Waals surface area contributed by atoms with E-state index in [1.807, 2.05) is 0 Å². The minimum Gasteiger partial charge on any atom is -0.478 e. The summed E-state index contributed by atoms with van der Waals surface area (Å²) in [4.78, 5) is 25.9. The average molecular weight is 262 g/mol. The van der Waals surface area contributed by atoms with Crippen molar-refractivity contribution < 1.29 is 14.6 Å². The van der Waals surface area contributed by atoms with E-state index in [-0.39, 0.29) is 17.3 Å². The van der Waals surface area contributed by atoms with Crippen molar-refractivity contribution in [3.63, 3.8) is 0 Å². The van der Waals surface area contributed by atoms with Crippen molar-refractivity contribution in [3.05, 3.63) is 34.2 Å². The molecular formula is C13H14N2O4. The summed E-state index contributed by atoms with van der Waals surface area (Å²) in [5.41, 5.74) is 0.843. The summed E-state index contributed by atoms with van der Waals surface area (Å²) in [5, 5.41) is 9.14. The van der Waals surface area contributed by atoms with Crippen molar-refractivity contribution in [3.8, 4) is 0 Å². The molecule has 1 saturated heterocycles. The number of carbonyl (C=O) groups is 1. The van der Waals surface area contributed by atoms with E-state index in [2.05, 4.69) is 4.98 Å². The van der Waals surface area contributed by atoms with E-state index in [1.54, 1.807) is 16.7 Å². The van der Waals surface area contributed by atoms with Crippen LogP contribution in [0.3, 0.4) is 0 Å². The number of benzene rings is 1. The van der Waals surface area contributed by atoms with E-state index in [0.717, 1.165) is 12.8 Å². The van der Waals surface area contributed by atoms with Crippen molar-refractivity contribution in [2.24, 2.45) is 0 Å². The fraction of sp³-hybridized carbons (Fsp3) is 0.385. The number of fused-ring (bicyclic) bond motifs is 1. The first-order chi connectivity index (χ1) is 9.18. The van der Waals surface area contributed by atoms with E-state index in [9.17, 15) is 9.59 Å². The summed E-state index contributed by atoms with van der Waals surface area (Å²) in [7, 11) is 0. The number of hydrogen-bond acceptors (Lipinski definition) is 3. The maximum Gasteiger partial charge on any atom is 0.337 e. The van der Waals surface area contributed by atoms with Crippen LogP contribution in [0.15, 0.2) is 23.0 Å². The Balaban J connectivity index is 2.20. The second kappa shape index (κ2) is 4.55. The molecule has 1 fully saturated rings. The van der Waals surface area contributed by atoms with E-state index >= 15 is 0 Å². The second-order valence-electron chi connectivity index (χ2n) is 4.68. The number of aromatic amines is 1. The fourth-order valence-electron chi connectivity index (χ4n) is 2.62. The van der Waals surface area contributed by atoms with Gasteiger partial charge in [0.05, 0.1) is 29.2 Å². The SMILES string of the molecule is O=C(O)c1cccc2c1[nH]c(=O)n2C1CCCOC1. The maximum absolute atomic E-state index is 12.1. The Morgan fingerprint density at radius 3 is 3.00 bits per heavy atom. The zero-order valence-electron chi connectivity index (χ0n) is 10.3. The molecule has 1 aromatic carbocycles. The third-order valence-corrected chi connectivity index (χ3v) is 3.48. The molecule has 100 valence electrons. The molecule has 0 aliphatic carbocycles. The topological polar surface area (TPSA) is 84.3 Å². The molecule has 0 bridgehead atoms. The molecule has 1 aliphatic heterocycles. The van der Waals surface area contributed by atoms with Gasteiger partial charge in [-0.05, 0) is 25.0 Å². The number of rotatable bonds is 2. The summed E-state index contributed by atoms with van der Waals surface area (Å²) in [6, 6.07) is 4.87. The number of H-pyrrole nitrogens is 1. The molecule has 1 unspecified atom stereocenters. The summed E-state index contributed by atoms with van der Waals surface area (Å²) >= 11 is 0. The minimum atomic E-state index is -1.04. The molecule has 0 saturated carbocycles. The Kier molecular flexibility index (Phi) is 2.87. The molecule has 0 radical (unpaired) electrons. The molecule has 1 aromatic heterocycles. The van der Waals surface area contributed by atoms with Crippen molar-refractivity contribution in [1.29, 1.82) is 0 Å². The van der Waals surface area contributed by atoms with Gasteiger partial charge in [0.25, 0.3) is 0 Å². The number of carboxylic acids is 1. The molecule has 1 atom stereocenters. The number of para-hydroxylation sites is 1. The lowest BCUT2D eigenvalue weighted by atomic mass is 10.1. The van der Waals surface area contributed by atoms with Crippen LogP contribution in [0, 0.1) is 0 Å². The molecule has 3 rings (SSSR count). The van der Waals surface area contributed by atoms with Gasteiger partial charge >= 0.3 is 11.7 Å². The Bertz CT molecular complexity index is 679. The molecule has 1 aliphatic rings. The molecule has 2 N–H and O–H groups in total. The van der Waals surface area contributed by atoms with Gasteiger partial charge in [-0.3, -0.25) is 4.57 Å². The van der Waals surface area contributed by atoms with Crippen LogP contribution < -0.4 is 5.69 Å². The number of nitrogens with one attached hydrogen (secondary N) is 1. The first-order valence-corrected chi connectivity index (χ1v) is 6.23. The van der Waals surface area contributed by atoms with Crippen molar-refractivity contribution in [1.82, 2.24) is 9.55 Å². The number of nitrogens with zero attached hydrogens (tertiary/aromatic N) is 1. The van der Waals surface area contributed by atoms with Crippen molar-refractivity contribution in [2.45, 2.75) is 18.9 Å². The lowest BCUT2D eigenvalue weighted by molar-refractivity contribution is 0.0595. The van der Waals surface area contributed by atoms with Gasteiger partial charge in [-0.2, -0.15) is 0 Å². The van der Waals surface area contributed by atoms with Gasteiger partial charge < -0.3 is 14.8 Å². The van der Waals surface area contributed by atoms with Crippen LogP contribution in [-0.2, 0) is 4.74 Å². The van der Waals surface area contributed by atoms with Crippen LogP contribution in [0.1, 0.15) is 29.2 Å². The number of carboxylic acid groups (broad SMARTS) is 1. The van der Waals surface area contributed by atoms with Gasteiger partial charge in [-0.1, -0.05) is 6.07 Å². The molecule has 2 aromatic rings. The van der Waals surface area contributed by atoms with Crippen molar-refractivity contribution in [2.75, 3.05) is 13.2 Å². The zero-order chi connectivity index (χ0) is 13.4. The third kappa shape index (κ3) is 1.94. The second-order valence-corrected chi connectivity index (χ2v) is 4.68. The van der Waals surface area contributed by atoms with E-state index < -0.39 is 5.97 Å². The summed E-state index contributed by atoms with van der Waals surface area (Å²) in [5.74, 6) is -1.04. The standard InChI is InChI=1S/C13H14N2O4/c16-12(17)9-4-1-5-10-11(9)14-13(18)15(10)8-3-2-6-19-7-8/h1,4-5,8H,2-3,6-7H2,(H,14,18)(H,16,17). The van der Waals surface area contributed by atoms with Crippen LogP contribution in [0.2, 0.25) is 0 Å². The molecule has 0 spiro atoms. The summed E-state index contributed by atoms with van der Waals surface area (Å²) in [6.07, 6.45) is 1.77. The normalized spacial score (nSPS) is 19.7.